The van der Waals surface area contributed by atoms with Gasteiger partial charge in [-0.15, -0.1) is 0 Å². The van der Waals surface area contributed by atoms with Crippen LogP contribution >= 0.6 is 0 Å². The van der Waals surface area contributed by atoms with Crippen molar-refractivity contribution in [3.8, 4) is 0 Å². The number of carbonyl (C=O) groups excluding carboxylic acids is 5. The highest BCUT2D eigenvalue weighted by Gasteiger charge is 2.54. The number of benzene rings is 3. The van der Waals surface area contributed by atoms with Gasteiger partial charge in [0.25, 0.3) is 0 Å². The van der Waals surface area contributed by atoms with E-state index in [4.69, 9.17) is 28.4 Å². The number of rotatable bonds is 9. The second-order valence-electron chi connectivity index (χ2n) is 9.16. The molecule has 0 amide bonds. The number of esters is 5. The lowest BCUT2D eigenvalue weighted by Gasteiger charge is -2.43. The summed E-state index contributed by atoms with van der Waals surface area (Å²) in [6.07, 6.45) is -7.58. The average molecular weight is 577 g/mol. The first kappa shape index (κ1) is 29.9. The zero-order valence-corrected chi connectivity index (χ0v) is 22.7. The van der Waals surface area contributed by atoms with Gasteiger partial charge in [-0.25, -0.2) is 14.4 Å². The minimum Gasteiger partial charge on any atom is -0.463 e. The quantitative estimate of drug-likeness (QED) is 0.273. The molecular formula is C31H28O11. The first-order valence-electron chi connectivity index (χ1n) is 13.0. The summed E-state index contributed by atoms with van der Waals surface area (Å²) in [6.45, 7) is 1.79. The van der Waals surface area contributed by atoms with Crippen LogP contribution in [-0.2, 0) is 38.0 Å². The highest BCUT2D eigenvalue weighted by atomic mass is 16.7. The van der Waals surface area contributed by atoms with Crippen molar-refractivity contribution in [3.05, 3.63) is 108 Å². The number of hydrogen-bond donors (Lipinski definition) is 0. The SMILES string of the molecule is CC(=O)OC[C@H]1O[C@H](OC(C)=O)[C@@H](OC(=O)c2ccccc2)[C@@H](OC(=O)c2ccccc2)[C@@H]1OC(=O)c1ccccc1. The van der Waals surface area contributed by atoms with Gasteiger partial charge in [-0.3, -0.25) is 9.59 Å². The van der Waals surface area contributed by atoms with Gasteiger partial charge in [-0.1, -0.05) is 54.6 Å². The molecule has 0 bridgehead atoms. The maximum Gasteiger partial charge on any atom is 0.338 e. The number of hydrogen-bond acceptors (Lipinski definition) is 11. The highest BCUT2D eigenvalue weighted by Crippen LogP contribution is 2.31. The zero-order valence-electron chi connectivity index (χ0n) is 22.7. The van der Waals surface area contributed by atoms with Crippen molar-refractivity contribution in [2.75, 3.05) is 6.61 Å². The fourth-order valence-corrected chi connectivity index (χ4v) is 4.17. The van der Waals surface area contributed by atoms with Gasteiger partial charge < -0.3 is 28.4 Å². The van der Waals surface area contributed by atoms with E-state index in [9.17, 15) is 24.0 Å². The molecule has 1 heterocycles. The van der Waals surface area contributed by atoms with E-state index in [1.165, 1.54) is 36.4 Å². The highest BCUT2D eigenvalue weighted by molar-refractivity contribution is 5.91. The molecule has 42 heavy (non-hydrogen) atoms. The summed E-state index contributed by atoms with van der Waals surface area (Å²) in [7, 11) is 0. The Morgan fingerprint density at radius 3 is 1.36 bits per heavy atom. The van der Waals surface area contributed by atoms with E-state index in [0.29, 0.717) is 0 Å². The van der Waals surface area contributed by atoms with E-state index < -0.39 is 67.2 Å². The van der Waals surface area contributed by atoms with Crippen LogP contribution in [0.2, 0.25) is 0 Å². The second-order valence-corrected chi connectivity index (χ2v) is 9.16. The predicted molar refractivity (Wildman–Crippen MR) is 144 cm³/mol. The molecule has 0 N–H and O–H groups in total. The first-order valence-corrected chi connectivity index (χ1v) is 13.0. The van der Waals surface area contributed by atoms with E-state index in [-0.39, 0.29) is 16.7 Å². The lowest BCUT2D eigenvalue weighted by atomic mass is 9.97. The van der Waals surface area contributed by atoms with Gasteiger partial charge in [0.05, 0.1) is 16.7 Å². The molecule has 0 aliphatic carbocycles. The third-order valence-corrected chi connectivity index (χ3v) is 6.08. The molecule has 0 saturated carbocycles. The van der Waals surface area contributed by atoms with Crippen LogP contribution in [0.1, 0.15) is 44.9 Å². The molecular weight excluding hydrogens is 548 g/mol. The van der Waals surface area contributed by atoms with Crippen LogP contribution in [0.5, 0.6) is 0 Å². The van der Waals surface area contributed by atoms with Crippen molar-refractivity contribution in [1.29, 1.82) is 0 Å². The van der Waals surface area contributed by atoms with Crippen molar-refractivity contribution >= 4 is 29.8 Å². The van der Waals surface area contributed by atoms with Crippen molar-refractivity contribution in [2.24, 2.45) is 0 Å². The molecule has 0 radical (unpaired) electrons. The number of carbonyl (C=O) groups is 5. The minimum absolute atomic E-state index is 0.144. The summed E-state index contributed by atoms with van der Waals surface area (Å²) in [6, 6.07) is 23.8. The van der Waals surface area contributed by atoms with Gasteiger partial charge in [0, 0.05) is 13.8 Å². The van der Waals surface area contributed by atoms with Crippen LogP contribution < -0.4 is 0 Å². The van der Waals surface area contributed by atoms with E-state index in [0.717, 1.165) is 13.8 Å². The molecule has 218 valence electrons. The van der Waals surface area contributed by atoms with Crippen LogP contribution in [0.25, 0.3) is 0 Å². The van der Waals surface area contributed by atoms with Gasteiger partial charge in [0.1, 0.15) is 12.7 Å². The third-order valence-electron chi connectivity index (χ3n) is 6.08. The van der Waals surface area contributed by atoms with E-state index in [1.54, 1.807) is 54.6 Å². The topological polar surface area (TPSA) is 141 Å². The lowest BCUT2D eigenvalue weighted by Crippen LogP contribution is -2.63. The summed E-state index contributed by atoms with van der Waals surface area (Å²) in [5.74, 6) is -4.01. The predicted octanol–water partition coefficient (Wildman–Crippen LogP) is 3.51. The fourth-order valence-electron chi connectivity index (χ4n) is 4.17. The molecule has 3 aromatic rings. The molecule has 0 unspecified atom stereocenters. The lowest BCUT2D eigenvalue weighted by molar-refractivity contribution is -0.290. The van der Waals surface area contributed by atoms with Crippen LogP contribution in [0.15, 0.2) is 91.0 Å². The molecule has 3 aromatic carbocycles. The Labute approximate surface area is 241 Å². The Balaban J connectivity index is 1.76. The van der Waals surface area contributed by atoms with Crippen molar-refractivity contribution < 1.29 is 52.4 Å². The second kappa shape index (κ2) is 14.0. The summed E-state index contributed by atoms with van der Waals surface area (Å²) in [5.41, 5.74) is 0.453. The Hall–Kier alpha value is -5.03. The number of ether oxygens (including phenoxy) is 6. The molecule has 4 rings (SSSR count). The van der Waals surface area contributed by atoms with Crippen molar-refractivity contribution in [1.82, 2.24) is 0 Å². The minimum atomic E-state index is -1.63. The van der Waals surface area contributed by atoms with Crippen LogP contribution in [0.3, 0.4) is 0 Å². The van der Waals surface area contributed by atoms with Gasteiger partial charge in [-0.05, 0) is 36.4 Å². The fraction of sp³-hybridized carbons (Fsp3) is 0.258. The van der Waals surface area contributed by atoms with Crippen molar-refractivity contribution in [2.45, 2.75) is 44.6 Å². The van der Waals surface area contributed by atoms with Crippen LogP contribution in [0, 0.1) is 0 Å². The summed E-state index contributed by atoms with van der Waals surface area (Å²) < 4.78 is 33.7. The molecule has 1 saturated heterocycles. The molecule has 11 nitrogen and oxygen atoms in total. The molecule has 0 aromatic heterocycles. The van der Waals surface area contributed by atoms with Gasteiger partial charge in [0.2, 0.25) is 12.4 Å². The van der Waals surface area contributed by atoms with Gasteiger partial charge in [0.15, 0.2) is 12.2 Å². The molecule has 1 aliphatic rings. The Bertz CT molecular complexity index is 1390. The van der Waals surface area contributed by atoms with E-state index in [2.05, 4.69) is 0 Å². The Morgan fingerprint density at radius 1 is 0.548 bits per heavy atom. The first-order chi connectivity index (χ1) is 20.2. The normalized spacial score (nSPS) is 21.3. The standard InChI is InChI=1S/C31H28O11/c1-19(32)37-18-24-25(40-28(34)21-12-6-3-7-13-21)26(41-29(35)22-14-8-4-9-15-22)27(31(39-24)38-20(2)33)42-30(36)23-16-10-5-11-17-23/h3-17,24-27,31H,18H2,1-2H3/t24-,25-,26+,27+,31+/m1/s1. The average Bonchev–Trinajstić information content (AvgIpc) is 2.99. The zero-order chi connectivity index (χ0) is 30.1. The molecule has 0 spiro atoms. The van der Waals surface area contributed by atoms with E-state index >= 15 is 0 Å². The Kier molecular flexibility index (Phi) is 10.0. The third kappa shape index (κ3) is 7.79. The maximum absolute atomic E-state index is 13.3. The summed E-state index contributed by atoms with van der Waals surface area (Å²) in [5, 5.41) is 0. The van der Waals surface area contributed by atoms with E-state index in [1.807, 2.05) is 0 Å². The van der Waals surface area contributed by atoms with Crippen LogP contribution in [-0.4, -0.2) is 67.2 Å². The smallest absolute Gasteiger partial charge is 0.338 e. The summed E-state index contributed by atoms with van der Waals surface area (Å²) >= 11 is 0. The van der Waals surface area contributed by atoms with Gasteiger partial charge >= 0.3 is 29.8 Å². The van der Waals surface area contributed by atoms with Gasteiger partial charge in [-0.2, -0.15) is 0 Å². The molecule has 11 heteroatoms. The molecule has 5 atom stereocenters. The van der Waals surface area contributed by atoms with Crippen molar-refractivity contribution in [3.63, 3.8) is 0 Å². The maximum atomic E-state index is 13.3. The largest absolute Gasteiger partial charge is 0.463 e. The van der Waals surface area contributed by atoms with Crippen LogP contribution in [0.4, 0.5) is 0 Å². The molecule has 1 fully saturated rings. The summed E-state index contributed by atoms with van der Waals surface area (Å²) in [4.78, 5) is 63.4. The Morgan fingerprint density at radius 2 is 0.952 bits per heavy atom. The monoisotopic (exact) mass is 576 g/mol. The molecule has 1 aliphatic heterocycles.